The van der Waals surface area contributed by atoms with Crippen molar-refractivity contribution >= 4 is 5.82 Å². The molecule has 0 aliphatic rings. The average Bonchev–Trinajstić information content (AvgIpc) is 2.39. The van der Waals surface area contributed by atoms with Gasteiger partial charge in [-0.25, -0.2) is 4.98 Å². The van der Waals surface area contributed by atoms with Crippen LogP contribution in [0.5, 0.6) is 5.75 Å². The van der Waals surface area contributed by atoms with Gasteiger partial charge in [-0.1, -0.05) is 29.8 Å². The number of rotatable bonds is 4. The molecular weight excluding hydrogens is 212 g/mol. The Kier molecular flexibility index (Phi) is 3.60. The molecule has 88 valence electrons. The zero-order valence-electron chi connectivity index (χ0n) is 10.1. The maximum absolute atomic E-state index is 5.64. The van der Waals surface area contributed by atoms with E-state index in [2.05, 4.69) is 41.5 Å². The molecule has 0 fully saturated rings. The van der Waals surface area contributed by atoms with E-state index in [1.165, 1.54) is 5.56 Å². The first kappa shape index (κ1) is 11.5. The summed E-state index contributed by atoms with van der Waals surface area (Å²) in [5, 5.41) is 2.97. The highest BCUT2D eigenvalue weighted by Gasteiger charge is 1.97. The Balaban J connectivity index is 1.95. The van der Waals surface area contributed by atoms with Gasteiger partial charge in [0.1, 0.15) is 18.2 Å². The van der Waals surface area contributed by atoms with E-state index in [1.54, 1.807) is 6.20 Å². The highest BCUT2D eigenvalue weighted by Crippen LogP contribution is 2.13. The fraction of sp³-hybridized carbons (Fsp3) is 0.214. The van der Waals surface area contributed by atoms with Crippen LogP contribution in [0.25, 0.3) is 0 Å². The van der Waals surface area contributed by atoms with Gasteiger partial charge < -0.3 is 10.1 Å². The summed E-state index contributed by atoms with van der Waals surface area (Å²) in [5.41, 5.74) is 2.42. The summed E-state index contributed by atoms with van der Waals surface area (Å²) in [6.45, 7) is 2.64. The van der Waals surface area contributed by atoms with E-state index < -0.39 is 0 Å². The zero-order valence-corrected chi connectivity index (χ0v) is 10.1. The van der Waals surface area contributed by atoms with Crippen molar-refractivity contribution < 1.29 is 4.74 Å². The fourth-order valence-corrected chi connectivity index (χ4v) is 1.46. The molecule has 1 aromatic heterocycles. The molecule has 0 unspecified atom stereocenters. The molecule has 0 amide bonds. The van der Waals surface area contributed by atoms with E-state index in [0.29, 0.717) is 6.61 Å². The lowest BCUT2D eigenvalue weighted by atomic mass is 10.2. The third-order valence-electron chi connectivity index (χ3n) is 2.52. The molecule has 0 saturated heterocycles. The Morgan fingerprint density at radius 1 is 1.12 bits per heavy atom. The topological polar surface area (TPSA) is 34.1 Å². The van der Waals surface area contributed by atoms with Crippen LogP contribution in [0, 0.1) is 6.92 Å². The van der Waals surface area contributed by atoms with Crippen LogP contribution in [0.1, 0.15) is 11.1 Å². The van der Waals surface area contributed by atoms with Gasteiger partial charge in [0.15, 0.2) is 0 Å². The van der Waals surface area contributed by atoms with Crippen LogP contribution in [0.4, 0.5) is 5.82 Å². The Labute approximate surface area is 101 Å². The van der Waals surface area contributed by atoms with Crippen LogP contribution in [0.2, 0.25) is 0 Å². The highest BCUT2D eigenvalue weighted by molar-refractivity contribution is 5.36. The quantitative estimate of drug-likeness (QED) is 0.873. The molecule has 0 bridgehead atoms. The first-order valence-electron chi connectivity index (χ1n) is 5.60. The van der Waals surface area contributed by atoms with Crippen molar-refractivity contribution in [1.82, 2.24) is 4.98 Å². The second-order valence-corrected chi connectivity index (χ2v) is 3.90. The van der Waals surface area contributed by atoms with Gasteiger partial charge in [-0.15, -0.1) is 0 Å². The number of hydrogen-bond acceptors (Lipinski definition) is 3. The highest BCUT2D eigenvalue weighted by atomic mass is 16.5. The van der Waals surface area contributed by atoms with Crippen molar-refractivity contribution in [3.05, 3.63) is 53.7 Å². The minimum Gasteiger partial charge on any atom is -0.487 e. The molecule has 1 N–H and O–H groups in total. The molecule has 1 heterocycles. The van der Waals surface area contributed by atoms with Gasteiger partial charge in [-0.3, -0.25) is 0 Å². The minimum absolute atomic E-state index is 0.570. The first-order chi connectivity index (χ1) is 8.28. The number of benzene rings is 1. The molecule has 0 aliphatic carbocycles. The van der Waals surface area contributed by atoms with Crippen molar-refractivity contribution in [2.45, 2.75) is 13.5 Å². The van der Waals surface area contributed by atoms with E-state index in [4.69, 9.17) is 4.74 Å². The number of nitrogens with zero attached hydrogens (tertiary/aromatic N) is 1. The lowest BCUT2D eigenvalue weighted by Gasteiger charge is -2.06. The molecule has 17 heavy (non-hydrogen) atoms. The van der Waals surface area contributed by atoms with Gasteiger partial charge in [-0.05, 0) is 24.6 Å². The summed E-state index contributed by atoms with van der Waals surface area (Å²) in [6, 6.07) is 12.1. The largest absolute Gasteiger partial charge is 0.487 e. The molecule has 2 rings (SSSR count). The van der Waals surface area contributed by atoms with Gasteiger partial charge in [0, 0.05) is 7.05 Å². The third kappa shape index (κ3) is 3.21. The molecule has 2 aromatic rings. The van der Waals surface area contributed by atoms with Crippen LogP contribution in [-0.4, -0.2) is 12.0 Å². The van der Waals surface area contributed by atoms with Gasteiger partial charge in [0.25, 0.3) is 0 Å². The Morgan fingerprint density at radius 2 is 1.88 bits per heavy atom. The van der Waals surface area contributed by atoms with Crippen LogP contribution < -0.4 is 10.1 Å². The summed E-state index contributed by atoms with van der Waals surface area (Å²) < 4.78 is 5.64. The number of hydrogen-bond donors (Lipinski definition) is 1. The molecular formula is C14H16N2O. The lowest BCUT2D eigenvalue weighted by molar-refractivity contribution is 0.305. The number of anilines is 1. The summed E-state index contributed by atoms with van der Waals surface area (Å²) in [7, 11) is 1.84. The van der Waals surface area contributed by atoms with Crippen molar-refractivity contribution in [3.63, 3.8) is 0 Å². The van der Waals surface area contributed by atoms with Gasteiger partial charge >= 0.3 is 0 Å². The standard InChI is InChI=1S/C14H16N2O/c1-11-3-5-12(6-4-11)10-17-13-7-8-14(15-2)16-9-13/h3-9H,10H2,1-2H3,(H,15,16). The van der Waals surface area contributed by atoms with Crippen molar-refractivity contribution in [1.29, 1.82) is 0 Å². The third-order valence-corrected chi connectivity index (χ3v) is 2.52. The minimum atomic E-state index is 0.570. The lowest BCUT2D eigenvalue weighted by Crippen LogP contribution is -1.97. The Morgan fingerprint density at radius 3 is 2.47 bits per heavy atom. The monoisotopic (exact) mass is 228 g/mol. The molecule has 0 radical (unpaired) electrons. The van der Waals surface area contributed by atoms with Crippen molar-refractivity contribution in [3.8, 4) is 5.75 Å². The number of aryl methyl sites for hydroxylation is 1. The van der Waals surface area contributed by atoms with Crippen LogP contribution >= 0.6 is 0 Å². The summed E-state index contributed by atoms with van der Waals surface area (Å²) >= 11 is 0. The molecule has 0 aliphatic heterocycles. The normalized spacial score (nSPS) is 10.0. The smallest absolute Gasteiger partial charge is 0.138 e. The van der Waals surface area contributed by atoms with Gasteiger partial charge in [0.2, 0.25) is 0 Å². The average molecular weight is 228 g/mol. The van der Waals surface area contributed by atoms with E-state index >= 15 is 0 Å². The van der Waals surface area contributed by atoms with E-state index in [9.17, 15) is 0 Å². The zero-order chi connectivity index (χ0) is 12.1. The molecule has 3 nitrogen and oxygen atoms in total. The summed E-state index contributed by atoms with van der Waals surface area (Å²) in [4.78, 5) is 4.19. The molecule has 0 spiro atoms. The van der Waals surface area contributed by atoms with Crippen molar-refractivity contribution in [2.24, 2.45) is 0 Å². The fourth-order valence-electron chi connectivity index (χ4n) is 1.46. The number of ether oxygens (including phenoxy) is 1. The predicted molar refractivity (Wildman–Crippen MR) is 69.3 cm³/mol. The van der Waals surface area contributed by atoms with Gasteiger partial charge in [-0.2, -0.15) is 0 Å². The SMILES string of the molecule is CNc1ccc(OCc2ccc(C)cc2)cn1. The first-order valence-corrected chi connectivity index (χ1v) is 5.60. The molecule has 0 saturated carbocycles. The maximum Gasteiger partial charge on any atom is 0.138 e. The molecule has 3 heteroatoms. The predicted octanol–water partition coefficient (Wildman–Crippen LogP) is 3.01. The number of nitrogens with one attached hydrogen (secondary N) is 1. The van der Waals surface area contributed by atoms with Crippen LogP contribution in [0.3, 0.4) is 0 Å². The molecule has 0 atom stereocenters. The maximum atomic E-state index is 5.64. The summed E-state index contributed by atoms with van der Waals surface area (Å²) in [5.74, 6) is 1.62. The second-order valence-electron chi connectivity index (χ2n) is 3.90. The molecule has 1 aromatic carbocycles. The van der Waals surface area contributed by atoms with Crippen LogP contribution in [0.15, 0.2) is 42.6 Å². The van der Waals surface area contributed by atoms with Crippen LogP contribution in [-0.2, 0) is 6.61 Å². The number of aromatic nitrogens is 1. The summed E-state index contributed by atoms with van der Waals surface area (Å²) in [6.07, 6.45) is 1.72. The van der Waals surface area contributed by atoms with E-state index in [0.717, 1.165) is 17.1 Å². The number of pyridine rings is 1. The van der Waals surface area contributed by atoms with Crippen molar-refractivity contribution in [2.75, 3.05) is 12.4 Å². The second kappa shape index (κ2) is 5.34. The van der Waals surface area contributed by atoms with E-state index in [1.807, 2.05) is 19.2 Å². The Bertz CT molecular complexity index is 463. The van der Waals surface area contributed by atoms with Gasteiger partial charge in [0.05, 0.1) is 6.20 Å². The Hall–Kier alpha value is -2.03. The van der Waals surface area contributed by atoms with E-state index in [-0.39, 0.29) is 0 Å².